The van der Waals surface area contributed by atoms with Crippen LogP contribution in [0, 0.1) is 11.3 Å². The van der Waals surface area contributed by atoms with Gasteiger partial charge >= 0.3 is 0 Å². The van der Waals surface area contributed by atoms with E-state index in [-0.39, 0.29) is 11.8 Å². The molecule has 1 aliphatic rings. The Morgan fingerprint density at radius 3 is 2.88 bits per heavy atom. The van der Waals surface area contributed by atoms with Gasteiger partial charge in [0.1, 0.15) is 5.66 Å². The fourth-order valence-electron chi connectivity index (χ4n) is 0.507. The van der Waals surface area contributed by atoms with E-state index in [0.717, 1.165) is 8.20 Å². The van der Waals surface area contributed by atoms with Gasteiger partial charge in [0.05, 0.1) is 12.2 Å². The molecule has 0 amide bonds. The van der Waals surface area contributed by atoms with Crippen LogP contribution in [0.25, 0.3) is 0 Å². The maximum atomic E-state index is 8.34. The molecule has 3 N–H and O–H groups in total. The highest BCUT2D eigenvalue weighted by atomic mass is 31.1. The van der Waals surface area contributed by atoms with Gasteiger partial charge in [-0.25, -0.2) is 0 Å². The summed E-state index contributed by atoms with van der Waals surface area (Å²) in [6, 6.07) is 2.08. The average molecular weight is 127 g/mol. The van der Waals surface area contributed by atoms with Gasteiger partial charge < -0.3 is 5.73 Å². The molecule has 0 saturated carbocycles. The van der Waals surface area contributed by atoms with Crippen molar-refractivity contribution in [3.63, 3.8) is 0 Å². The molecule has 4 heteroatoms. The zero-order chi connectivity index (χ0) is 5.98. The molecule has 1 heterocycles. The van der Waals surface area contributed by atoms with Crippen LogP contribution in [0.3, 0.4) is 0 Å². The summed E-state index contributed by atoms with van der Waals surface area (Å²) in [5.74, 6) is 1.80. The zero-order valence-corrected chi connectivity index (χ0v) is 5.10. The minimum atomic E-state index is -0.151. The molecule has 0 bridgehead atoms. The number of nitrogens with two attached hydrogens (primary N) is 1. The van der Waals surface area contributed by atoms with Crippen molar-refractivity contribution in [3.05, 3.63) is 0 Å². The maximum Gasteiger partial charge on any atom is 0.117 e. The SMILES string of the molecule is N#CC1P=CNC1N. The lowest BCUT2D eigenvalue weighted by molar-refractivity contribution is 0.682. The van der Waals surface area contributed by atoms with Gasteiger partial charge in [0, 0.05) is 5.92 Å². The summed E-state index contributed by atoms with van der Waals surface area (Å²) >= 11 is 0. The zero-order valence-electron chi connectivity index (χ0n) is 4.20. The number of hydrogen-bond acceptors (Lipinski definition) is 3. The molecule has 0 aromatic heterocycles. The lowest BCUT2D eigenvalue weighted by Gasteiger charge is -2.03. The van der Waals surface area contributed by atoms with Gasteiger partial charge in [-0.2, -0.15) is 5.26 Å². The summed E-state index contributed by atoms with van der Waals surface area (Å²) in [5, 5.41) is 11.2. The molecule has 0 aliphatic carbocycles. The van der Waals surface area contributed by atoms with Crippen LogP contribution in [-0.2, 0) is 0 Å². The molecule has 2 unspecified atom stereocenters. The first-order chi connectivity index (χ1) is 3.84. The van der Waals surface area contributed by atoms with E-state index < -0.39 is 0 Å². The molecule has 42 valence electrons. The third kappa shape index (κ3) is 0.873. The van der Waals surface area contributed by atoms with Crippen molar-refractivity contribution in [1.82, 2.24) is 5.32 Å². The highest BCUT2D eigenvalue weighted by Crippen LogP contribution is 2.11. The van der Waals surface area contributed by atoms with E-state index in [1.165, 1.54) is 0 Å². The van der Waals surface area contributed by atoms with E-state index in [0.29, 0.717) is 0 Å². The van der Waals surface area contributed by atoms with Crippen molar-refractivity contribution < 1.29 is 0 Å². The quantitative estimate of drug-likeness (QED) is 0.430. The van der Waals surface area contributed by atoms with Crippen LogP contribution in [0.4, 0.5) is 0 Å². The molecule has 0 radical (unpaired) electrons. The molecule has 2 atom stereocenters. The van der Waals surface area contributed by atoms with Crippen molar-refractivity contribution in [1.29, 1.82) is 5.26 Å². The Morgan fingerprint density at radius 1 is 1.88 bits per heavy atom. The molecule has 0 saturated heterocycles. The molecule has 1 rings (SSSR count). The molecule has 0 fully saturated rings. The average Bonchev–Trinajstić information content (AvgIpc) is 2.14. The molecule has 1 aliphatic heterocycles. The van der Waals surface area contributed by atoms with Gasteiger partial charge in [-0.05, 0) is 0 Å². The van der Waals surface area contributed by atoms with Crippen molar-refractivity contribution in [3.8, 4) is 6.07 Å². The topological polar surface area (TPSA) is 61.8 Å². The normalized spacial score (nSPS) is 37.0. The largest absolute Gasteiger partial charge is 0.314 e. The summed E-state index contributed by atoms with van der Waals surface area (Å²) in [6.07, 6.45) is -0.151. The summed E-state index contributed by atoms with van der Waals surface area (Å²) in [6.45, 7) is 0. The maximum absolute atomic E-state index is 8.34. The van der Waals surface area contributed by atoms with E-state index in [4.69, 9.17) is 11.0 Å². The van der Waals surface area contributed by atoms with Crippen molar-refractivity contribution in [2.45, 2.75) is 11.8 Å². The van der Waals surface area contributed by atoms with Crippen molar-refractivity contribution in [2.24, 2.45) is 5.73 Å². The lowest BCUT2D eigenvalue weighted by atomic mass is 10.4. The van der Waals surface area contributed by atoms with Crippen molar-refractivity contribution >= 4 is 14.1 Å². The Morgan fingerprint density at radius 2 is 2.62 bits per heavy atom. The first-order valence-electron chi connectivity index (χ1n) is 2.27. The van der Waals surface area contributed by atoms with Gasteiger partial charge in [0.25, 0.3) is 0 Å². The van der Waals surface area contributed by atoms with Crippen LogP contribution in [0.5, 0.6) is 0 Å². The third-order valence-corrected chi connectivity index (χ3v) is 2.03. The number of rotatable bonds is 0. The van der Waals surface area contributed by atoms with Crippen LogP contribution in [0.1, 0.15) is 0 Å². The molecule has 8 heavy (non-hydrogen) atoms. The second-order valence-electron chi connectivity index (χ2n) is 1.54. The van der Waals surface area contributed by atoms with Gasteiger partial charge in [0.2, 0.25) is 0 Å². The van der Waals surface area contributed by atoms with E-state index >= 15 is 0 Å². The highest BCUT2D eigenvalue weighted by Gasteiger charge is 2.17. The summed E-state index contributed by atoms with van der Waals surface area (Å²) in [5.41, 5.74) is 5.37. The van der Waals surface area contributed by atoms with Crippen LogP contribution in [-0.4, -0.2) is 17.7 Å². The molecular weight excluding hydrogens is 121 g/mol. The monoisotopic (exact) mass is 127 g/mol. The molecule has 0 spiro atoms. The second-order valence-corrected chi connectivity index (χ2v) is 2.66. The Hall–Kier alpha value is -0.420. The fourth-order valence-corrected chi connectivity index (χ4v) is 1.26. The Labute approximate surface area is 49.3 Å². The summed E-state index contributed by atoms with van der Waals surface area (Å²) < 4.78 is 0. The number of nitrogens with one attached hydrogen (secondary N) is 1. The standard InChI is InChI=1S/C4H6N3P/c5-1-3-4(6)7-2-8-3/h2-4,7H,6H2. The Kier molecular flexibility index (Phi) is 1.59. The predicted octanol–water partition coefficient (Wildman–Crippen LogP) is -0.528. The highest BCUT2D eigenvalue weighted by molar-refractivity contribution is 7.40. The summed E-state index contributed by atoms with van der Waals surface area (Å²) in [7, 11) is 0.993. The molecular formula is C4H6N3P. The van der Waals surface area contributed by atoms with Gasteiger partial charge in [-0.3, -0.25) is 5.32 Å². The predicted molar refractivity (Wildman–Crippen MR) is 33.5 cm³/mol. The third-order valence-electron chi connectivity index (χ3n) is 0.975. The van der Waals surface area contributed by atoms with E-state index in [2.05, 4.69) is 11.4 Å². The van der Waals surface area contributed by atoms with Gasteiger partial charge in [-0.1, -0.05) is 8.20 Å². The van der Waals surface area contributed by atoms with Crippen LogP contribution >= 0.6 is 8.20 Å². The fraction of sp³-hybridized carbons (Fsp3) is 0.500. The first-order valence-corrected chi connectivity index (χ1v) is 3.31. The summed E-state index contributed by atoms with van der Waals surface area (Å²) in [4.78, 5) is 0. The molecule has 0 aromatic carbocycles. The lowest BCUT2D eigenvalue weighted by Crippen LogP contribution is -2.38. The van der Waals surface area contributed by atoms with E-state index in [1.807, 2.05) is 0 Å². The number of nitrogens with zero attached hydrogens (tertiary/aromatic N) is 1. The Balaban J connectivity index is 2.57. The second kappa shape index (κ2) is 2.23. The van der Waals surface area contributed by atoms with Crippen LogP contribution in [0.15, 0.2) is 0 Å². The molecule has 3 nitrogen and oxygen atoms in total. The van der Waals surface area contributed by atoms with E-state index in [9.17, 15) is 0 Å². The van der Waals surface area contributed by atoms with Gasteiger partial charge in [0.15, 0.2) is 0 Å². The number of hydrogen-bond donors (Lipinski definition) is 2. The van der Waals surface area contributed by atoms with Crippen LogP contribution < -0.4 is 11.1 Å². The Bertz CT molecular complexity index is 148. The van der Waals surface area contributed by atoms with Crippen molar-refractivity contribution in [2.75, 3.05) is 0 Å². The first kappa shape index (κ1) is 5.71. The number of nitriles is 1. The van der Waals surface area contributed by atoms with Gasteiger partial charge in [-0.15, -0.1) is 0 Å². The van der Waals surface area contributed by atoms with E-state index in [1.54, 1.807) is 5.92 Å². The minimum Gasteiger partial charge on any atom is -0.314 e. The molecule has 0 aromatic rings. The smallest absolute Gasteiger partial charge is 0.117 e. The minimum absolute atomic E-state index is 0.0463. The van der Waals surface area contributed by atoms with Crippen LogP contribution in [0.2, 0.25) is 0 Å².